The lowest BCUT2D eigenvalue weighted by Gasteiger charge is -2.42. The SMILES string of the molecule is CCNC(C1CCCC(CC)C1)C(OC)C1CCCCC1. The zero-order chi connectivity index (χ0) is 15.1. The topological polar surface area (TPSA) is 21.3 Å². The molecule has 124 valence electrons. The van der Waals surface area contributed by atoms with Crippen molar-refractivity contribution in [1.82, 2.24) is 5.32 Å². The first-order valence-electron chi connectivity index (χ1n) is 9.56. The standard InChI is InChI=1S/C19H37NO/c1-4-15-10-9-13-17(14-15)18(20-5-2)19(21-3)16-11-7-6-8-12-16/h15-20H,4-14H2,1-3H3. The molecule has 2 fully saturated rings. The van der Waals surface area contributed by atoms with E-state index in [1.807, 2.05) is 7.11 Å². The van der Waals surface area contributed by atoms with Gasteiger partial charge in [-0.2, -0.15) is 0 Å². The maximum absolute atomic E-state index is 6.06. The third-order valence-corrected chi connectivity index (χ3v) is 6.09. The third-order valence-electron chi connectivity index (χ3n) is 6.09. The van der Waals surface area contributed by atoms with Gasteiger partial charge in [0.25, 0.3) is 0 Å². The first kappa shape index (κ1) is 17.3. The molecule has 0 saturated heterocycles. The van der Waals surface area contributed by atoms with Gasteiger partial charge in [-0.3, -0.25) is 0 Å². The van der Waals surface area contributed by atoms with E-state index in [1.54, 1.807) is 0 Å². The lowest BCUT2D eigenvalue weighted by molar-refractivity contribution is -0.0159. The van der Waals surface area contributed by atoms with E-state index in [4.69, 9.17) is 4.74 Å². The largest absolute Gasteiger partial charge is 0.380 e. The third kappa shape index (κ3) is 4.69. The maximum atomic E-state index is 6.06. The normalized spacial score (nSPS) is 31.0. The van der Waals surface area contributed by atoms with E-state index in [0.29, 0.717) is 12.1 Å². The monoisotopic (exact) mass is 295 g/mol. The summed E-state index contributed by atoms with van der Waals surface area (Å²) in [5.41, 5.74) is 0. The van der Waals surface area contributed by atoms with Crippen LogP contribution in [0.25, 0.3) is 0 Å². The van der Waals surface area contributed by atoms with Crippen molar-refractivity contribution in [3.8, 4) is 0 Å². The Morgan fingerprint density at radius 1 is 0.952 bits per heavy atom. The molecule has 0 aromatic rings. The van der Waals surface area contributed by atoms with Crippen LogP contribution in [-0.2, 0) is 4.74 Å². The predicted molar refractivity (Wildman–Crippen MR) is 90.6 cm³/mol. The maximum Gasteiger partial charge on any atom is 0.0755 e. The van der Waals surface area contributed by atoms with Crippen LogP contribution >= 0.6 is 0 Å². The first-order chi connectivity index (χ1) is 10.3. The molecular formula is C19H37NO. The summed E-state index contributed by atoms with van der Waals surface area (Å²) in [7, 11) is 1.95. The van der Waals surface area contributed by atoms with E-state index in [2.05, 4.69) is 19.2 Å². The number of methoxy groups -OCH3 is 1. The molecule has 0 amide bonds. The van der Waals surface area contributed by atoms with E-state index in [0.717, 1.165) is 24.3 Å². The molecule has 0 aliphatic heterocycles. The van der Waals surface area contributed by atoms with Gasteiger partial charge in [-0.05, 0) is 50.0 Å². The molecule has 2 saturated carbocycles. The highest BCUT2D eigenvalue weighted by molar-refractivity contribution is 4.91. The fraction of sp³-hybridized carbons (Fsp3) is 1.00. The van der Waals surface area contributed by atoms with Crippen LogP contribution in [0, 0.1) is 17.8 Å². The molecule has 2 heteroatoms. The van der Waals surface area contributed by atoms with Crippen molar-refractivity contribution in [2.75, 3.05) is 13.7 Å². The summed E-state index contributed by atoms with van der Waals surface area (Å²) in [6.45, 7) is 5.69. The second-order valence-electron chi connectivity index (χ2n) is 7.38. The van der Waals surface area contributed by atoms with Crippen molar-refractivity contribution in [2.45, 2.75) is 90.2 Å². The molecule has 0 heterocycles. The van der Waals surface area contributed by atoms with Crippen LogP contribution in [0.2, 0.25) is 0 Å². The lowest BCUT2D eigenvalue weighted by atomic mass is 9.72. The number of ether oxygens (including phenoxy) is 1. The van der Waals surface area contributed by atoms with Gasteiger partial charge in [-0.1, -0.05) is 52.4 Å². The van der Waals surface area contributed by atoms with Gasteiger partial charge in [0, 0.05) is 13.2 Å². The number of rotatable bonds is 7. The fourth-order valence-corrected chi connectivity index (χ4v) is 4.91. The Kier molecular flexibility index (Phi) is 7.53. The van der Waals surface area contributed by atoms with Crippen molar-refractivity contribution in [1.29, 1.82) is 0 Å². The molecule has 0 aromatic carbocycles. The molecule has 0 radical (unpaired) electrons. The van der Waals surface area contributed by atoms with Crippen molar-refractivity contribution >= 4 is 0 Å². The molecule has 2 aliphatic rings. The lowest BCUT2D eigenvalue weighted by Crippen LogP contribution is -2.51. The van der Waals surface area contributed by atoms with Gasteiger partial charge in [0.05, 0.1) is 6.10 Å². The molecule has 2 aliphatic carbocycles. The first-order valence-corrected chi connectivity index (χ1v) is 9.56. The van der Waals surface area contributed by atoms with Gasteiger partial charge in [0.1, 0.15) is 0 Å². The number of hydrogen-bond donors (Lipinski definition) is 1. The summed E-state index contributed by atoms with van der Waals surface area (Å²) >= 11 is 0. The van der Waals surface area contributed by atoms with Gasteiger partial charge in [0.15, 0.2) is 0 Å². The molecule has 4 atom stereocenters. The summed E-state index contributed by atoms with van der Waals surface area (Å²) in [5, 5.41) is 3.82. The summed E-state index contributed by atoms with van der Waals surface area (Å²) in [6, 6.07) is 0.581. The Labute approximate surface area is 132 Å². The van der Waals surface area contributed by atoms with Crippen LogP contribution in [0.15, 0.2) is 0 Å². The minimum Gasteiger partial charge on any atom is -0.380 e. The molecular weight excluding hydrogens is 258 g/mol. The zero-order valence-electron chi connectivity index (χ0n) is 14.6. The van der Waals surface area contributed by atoms with E-state index < -0.39 is 0 Å². The molecule has 0 aromatic heterocycles. The molecule has 0 bridgehead atoms. The minimum absolute atomic E-state index is 0.436. The van der Waals surface area contributed by atoms with E-state index >= 15 is 0 Å². The molecule has 2 rings (SSSR count). The smallest absolute Gasteiger partial charge is 0.0755 e. The molecule has 1 N–H and O–H groups in total. The van der Waals surface area contributed by atoms with Crippen LogP contribution in [0.1, 0.15) is 78.1 Å². The average molecular weight is 296 g/mol. The fourth-order valence-electron chi connectivity index (χ4n) is 4.91. The Balaban J connectivity index is 2.03. The Bertz CT molecular complexity index is 275. The van der Waals surface area contributed by atoms with Crippen molar-refractivity contribution in [3.05, 3.63) is 0 Å². The molecule has 21 heavy (non-hydrogen) atoms. The molecule has 4 unspecified atom stereocenters. The average Bonchev–Trinajstić information content (AvgIpc) is 2.56. The Hall–Kier alpha value is -0.0800. The highest BCUT2D eigenvalue weighted by atomic mass is 16.5. The van der Waals surface area contributed by atoms with Crippen LogP contribution in [0.5, 0.6) is 0 Å². The minimum atomic E-state index is 0.436. The van der Waals surface area contributed by atoms with Crippen molar-refractivity contribution in [3.63, 3.8) is 0 Å². The second kappa shape index (κ2) is 9.15. The van der Waals surface area contributed by atoms with Crippen LogP contribution in [-0.4, -0.2) is 25.8 Å². The molecule has 2 nitrogen and oxygen atoms in total. The van der Waals surface area contributed by atoms with E-state index in [9.17, 15) is 0 Å². The quantitative estimate of drug-likeness (QED) is 0.730. The number of nitrogens with one attached hydrogen (secondary N) is 1. The zero-order valence-corrected chi connectivity index (χ0v) is 14.6. The van der Waals surface area contributed by atoms with Gasteiger partial charge >= 0.3 is 0 Å². The van der Waals surface area contributed by atoms with Crippen LogP contribution in [0.4, 0.5) is 0 Å². The predicted octanol–water partition coefficient (Wildman–Crippen LogP) is 4.78. The van der Waals surface area contributed by atoms with Crippen LogP contribution in [0.3, 0.4) is 0 Å². The summed E-state index contributed by atoms with van der Waals surface area (Å²) in [5.74, 6) is 2.57. The second-order valence-corrected chi connectivity index (χ2v) is 7.38. The number of likely N-dealkylation sites (N-methyl/N-ethyl adjacent to an activating group) is 1. The highest BCUT2D eigenvalue weighted by Gasteiger charge is 2.36. The van der Waals surface area contributed by atoms with Gasteiger partial charge < -0.3 is 10.1 Å². The Morgan fingerprint density at radius 3 is 2.29 bits per heavy atom. The molecule has 0 spiro atoms. The van der Waals surface area contributed by atoms with Gasteiger partial charge in [-0.25, -0.2) is 0 Å². The van der Waals surface area contributed by atoms with E-state index in [-0.39, 0.29) is 0 Å². The van der Waals surface area contributed by atoms with Gasteiger partial charge in [0.2, 0.25) is 0 Å². The van der Waals surface area contributed by atoms with Crippen LogP contribution < -0.4 is 5.32 Å². The number of hydrogen-bond acceptors (Lipinski definition) is 2. The van der Waals surface area contributed by atoms with E-state index in [1.165, 1.54) is 64.2 Å². The van der Waals surface area contributed by atoms with Gasteiger partial charge in [-0.15, -0.1) is 0 Å². The van der Waals surface area contributed by atoms with Crippen molar-refractivity contribution in [2.24, 2.45) is 17.8 Å². The van der Waals surface area contributed by atoms with Crippen molar-refractivity contribution < 1.29 is 4.74 Å². The summed E-state index contributed by atoms with van der Waals surface area (Å²) in [6.07, 6.45) is 14.5. The summed E-state index contributed by atoms with van der Waals surface area (Å²) < 4.78 is 6.06. The summed E-state index contributed by atoms with van der Waals surface area (Å²) in [4.78, 5) is 0. The Morgan fingerprint density at radius 2 is 1.67 bits per heavy atom. The highest BCUT2D eigenvalue weighted by Crippen LogP contribution is 2.37.